The van der Waals surface area contributed by atoms with E-state index in [1.54, 1.807) is 6.07 Å². The maximum atomic E-state index is 13.4. The van der Waals surface area contributed by atoms with Crippen LogP contribution < -0.4 is 5.32 Å². The van der Waals surface area contributed by atoms with E-state index in [0.29, 0.717) is 11.5 Å². The Hall–Kier alpha value is -0.930. The highest BCUT2D eigenvalue weighted by molar-refractivity contribution is 6.30. The van der Waals surface area contributed by atoms with Crippen molar-refractivity contribution >= 4 is 17.4 Å². The minimum atomic E-state index is -0.464. The van der Waals surface area contributed by atoms with Crippen molar-refractivity contribution in [2.24, 2.45) is 11.3 Å². The van der Waals surface area contributed by atoms with E-state index in [2.05, 4.69) is 5.32 Å². The molecule has 2 nitrogen and oxygen atoms in total. The van der Waals surface area contributed by atoms with Gasteiger partial charge in [0, 0.05) is 11.8 Å². The molecule has 0 aromatic heterocycles. The van der Waals surface area contributed by atoms with Gasteiger partial charge in [0.05, 0.1) is 5.02 Å². The van der Waals surface area contributed by atoms with Gasteiger partial charge in [0.2, 0.25) is 0 Å². The molecule has 1 fully saturated rings. The minimum Gasteiger partial charge on any atom is -0.316 e. The third-order valence-corrected chi connectivity index (χ3v) is 4.69. The van der Waals surface area contributed by atoms with Crippen LogP contribution in [-0.4, -0.2) is 18.9 Å². The van der Waals surface area contributed by atoms with E-state index in [-0.39, 0.29) is 22.6 Å². The summed E-state index contributed by atoms with van der Waals surface area (Å²) in [6.07, 6.45) is 2.44. The lowest BCUT2D eigenvalue weighted by Gasteiger charge is -2.36. The fraction of sp³-hybridized carbons (Fsp3) is 0.562. The van der Waals surface area contributed by atoms with Gasteiger partial charge < -0.3 is 5.32 Å². The number of nitrogens with one attached hydrogen (secondary N) is 1. The van der Waals surface area contributed by atoms with Gasteiger partial charge in [-0.2, -0.15) is 0 Å². The lowest BCUT2D eigenvalue weighted by atomic mass is 9.71. The van der Waals surface area contributed by atoms with Crippen LogP contribution in [0, 0.1) is 17.2 Å². The van der Waals surface area contributed by atoms with E-state index in [0.717, 1.165) is 25.9 Å². The Kier molecular flexibility index (Phi) is 4.82. The average Bonchev–Trinajstić information content (AvgIpc) is 2.44. The first-order chi connectivity index (χ1) is 9.41. The van der Waals surface area contributed by atoms with Crippen LogP contribution in [-0.2, 0) is 11.2 Å². The van der Waals surface area contributed by atoms with E-state index in [1.165, 1.54) is 12.1 Å². The van der Waals surface area contributed by atoms with Crippen molar-refractivity contribution < 1.29 is 9.18 Å². The molecule has 20 heavy (non-hydrogen) atoms. The molecule has 1 unspecified atom stereocenters. The number of Topliss-reactive ketones (excluding diaryl/α,β-unsaturated/α-hetero) is 1. The SMILES string of the molecule is CC(C)(C(=O)Cc1ccc(Cl)c(F)c1)C1CCCNC1. The van der Waals surface area contributed by atoms with Gasteiger partial charge in [-0.05, 0) is 49.5 Å². The summed E-state index contributed by atoms with van der Waals surface area (Å²) in [4.78, 5) is 12.5. The highest BCUT2D eigenvalue weighted by Crippen LogP contribution is 2.33. The van der Waals surface area contributed by atoms with Gasteiger partial charge >= 0.3 is 0 Å². The first-order valence-electron chi connectivity index (χ1n) is 7.09. The molecule has 0 amide bonds. The number of carbonyl (C=O) groups excluding carboxylic acids is 1. The number of ketones is 1. The number of hydrogen-bond donors (Lipinski definition) is 1. The molecule has 1 saturated heterocycles. The number of hydrogen-bond acceptors (Lipinski definition) is 2. The molecule has 0 radical (unpaired) electrons. The number of halogens is 2. The number of rotatable bonds is 4. The van der Waals surface area contributed by atoms with Gasteiger partial charge in [-0.1, -0.05) is 31.5 Å². The zero-order valence-corrected chi connectivity index (χ0v) is 12.8. The predicted octanol–water partition coefficient (Wildman–Crippen LogP) is 3.62. The molecule has 0 spiro atoms. The van der Waals surface area contributed by atoms with Crippen LogP contribution in [0.1, 0.15) is 32.3 Å². The number of piperidine rings is 1. The Morgan fingerprint density at radius 2 is 2.25 bits per heavy atom. The average molecular weight is 298 g/mol. The van der Waals surface area contributed by atoms with Gasteiger partial charge in [-0.25, -0.2) is 4.39 Å². The molecule has 1 heterocycles. The standard InChI is InChI=1S/C16H21ClFNO/c1-16(2,12-4-3-7-19-10-12)15(20)9-11-5-6-13(17)14(18)8-11/h5-6,8,12,19H,3-4,7,9-10H2,1-2H3. The van der Waals surface area contributed by atoms with Crippen LogP contribution in [0.15, 0.2) is 18.2 Å². The van der Waals surface area contributed by atoms with E-state index in [1.807, 2.05) is 13.8 Å². The molecule has 2 rings (SSSR count). The Morgan fingerprint density at radius 3 is 2.85 bits per heavy atom. The van der Waals surface area contributed by atoms with Crippen LogP contribution in [0.5, 0.6) is 0 Å². The minimum absolute atomic E-state index is 0.0944. The summed E-state index contributed by atoms with van der Waals surface area (Å²) in [5.74, 6) is 0.0444. The Bertz CT molecular complexity index is 495. The third kappa shape index (κ3) is 3.39. The van der Waals surface area contributed by atoms with Gasteiger partial charge in [-0.15, -0.1) is 0 Å². The second kappa shape index (κ2) is 6.23. The Labute approximate surface area is 124 Å². The molecule has 1 aliphatic rings. The normalized spacial score (nSPS) is 19.9. The molecule has 1 N–H and O–H groups in total. The van der Waals surface area contributed by atoms with Crippen LogP contribution >= 0.6 is 11.6 Å². The van der Waals surface area contributed by atoms with Crippen molar-refractivity contribution in [2.75, 3.05) is 13.1 Å². The van der Waals surface area contributed by atoms with E-state index in [9.17, 15) is 9.18 Å². The van der Waals surface area contributed by atoms with E-state index in [4.69, 9.17) is 11.6 Å². The second-order valence-corrected chi connectivity index (χ2v) is 6.52. The summed E-state index contributed by atoms with van der Waals surface area (Å²) in [5, 5.41) is 3.44. The van der Waals surface area contributed by atoms with Crippen LogP contribution in [0.2, 0.25) is 5.02 Å². The van der Waals surface area contributed by atoms with Crippen molar-refractivity contribution in [3.05, 3.63) is 34.6 Å². The summed E-state index contributed by atoms with van der Waals surface area (Å²) in [6, 6.07) is 4.59. The van der Waals surface area contributed by atoms with Gasteiger partial charge in [0.25, 0.3) is 0 Å². The second-order valence-electron chi connectivity index (χ2n) is 6.11. The molecule has 4 heteroatoms. The van der Waals surface area contributed by atoms with Crippen molar-refractivity contribution in [1.29, 1.82) is 0 Å². The largest absolute Gasteiger partial charge is 0.316 e. The molecular formula is C16H21ClFNO. The summed E-state index contributed by atoms with van der Waals surface area (Å²) >= 11 is 5.66. The molecule has 0 saturated carbocycles. The molecule has 0 bridgehead atoms. The molecule has 1 atom stereocenters. The zero-order chi connectivity index (χ0) is 14.8. The lowest BCUT2D eigenvalue weighted by Crippen LogP contribution is -2.43. The maximum Gasteiger partial charge on any atom is 0.143 e. The molecule has 0 aliphatic carbocycles. The Morgan fingerprint density at radius 1 is 1.50 bits per heavy atom. The van der Waals surface area contributed by atoms with Gasteiger partial charge in [-0.3, -0.25) is 4.79 Å². The third-order valence-electron chi connectivity index (χ3n) is 4.38. The summed E-state index contributed by atoms with van der Waals surface area (Å²) in [5.41, 5.74) is 0.303. The summed E-state index contributed by atoms with van der Waals surface area (Å²) in [7, 11) is 0. The highest BCUT2D eigenvalue weighted by Gasteiger charge is 2.36. The molecule has 110 valence electrons. The van der Waals surface area contributed by atoms with Crippen molar-refractivity contribution in [3.8, 4) is 0 Å². The van der Waals surface area contributed by atoms with E-state index < -0.39 is 5.82 Å². The summed E-state index contributed by atoms with van der Waals surface area (Å²) in [6.45, 7) is 5.91. The maximum absolute atomic E-state index is 13.4. The van der Waals surface area contributed by atoms with Crippen LogP contribution in [0.3, 0.4) is 0 Å². The highest BCUT2D eigenvalue weighted by atomic mass is 35.5. The quantitative estimate of drug-likeness (QED) is 0.920. The fourth-order valence-corrected chi connectivity index (χ4v) is 2.88. The monoisotopic (exact) mass is 297 g/mol. The number of carbonyl (C=O) groups is 1. The first kappa shape index (κ1) is 15.5. The van der Waals surface area contributed by atoms with Crippen molar-refractivity contribution in [2.45, 2.75) is 33.1 Å². The van der Waals surface area contributed by atoms with E-state index >= 15 is 0 Å². The topological polar surface area (TPSA) is 29.1 Å². The van der Waals surface area contributed by atoms with Crippen molar-refractivity contribution in [1.82, 2.24) is 5.32 Å². The predicted molar refractivity (Wildman–Crippen MR) is 79.5 cm³/mol. The van der Waals surface area contributed by atoms with Crippen LogP contribution in [0.25, 0.3) is 0 Å². The summed E-state index contributed by atoms with van der Waals surface area (Å²) < 4.78 is 13.4. The number of benzene rings is 1. The smallest absolute Gasteiger partial charge is 0.143 e. The zero-order valence-electron chi connectivity index (χ0n) is 12.0. The van der Waals surface area contributed by atoms with Crippen LogP contribution in [0.4, 0.5) is 4.39 Å². The van der Waals surface area contributed by atoms with Gasteiger partial charge in [0.1, 0.15) is 11.6 Å². The van der Waals surface area contributed by atoms with Gasteiger partial charge in [0.15, 0.2) is 0 Å². The first-order valence-corrected chi connectivity index (χ1v) is 7.47. The molecule has 1 aromatic rings. The fourth-order valence-electron chi connectivity index (χ4n) is 2.76. The molecule has 1 aromatic carbocycles. The Balaban J connectivity index is 2.07. The molecule has 1 aliphatic heterocycles. The lowest BCUT2D eigenvalue weighted by molar-refractivity contribution is -0.129. The molecular weight excluding hydrogens is 277 g/mol. The van der Waals surface area contributed by atoms with Crippen molar-refractivity contribution in [3.63, 3.8) is 0 Å².